The fraction of sp³-hybridized carbons (Fsp3) is 0.875. The molecule has 0 aliphatic carbocycles. The van der Waals surface area contributed by atoms with Crippen molar-refractivity contribution >= 4 is 11.9 Å². The van der Waals surface area contributed by atoms with Crippen molar-refractivity contribution in [3.8, 4) is 0 Å². The molecule has 0 saturated carbocycles. The van der Waals surface area contributed by atoms with E-state index >= 15 is 0 Å². The van der Waals surface area contributed by atoms with Gasteiger partial charge in [-0.25, -0.2) is 4.99 Å². The number of aliphatic imine (C=N–C) groups is 2. The summed E-state index contributed by atoms with van der Waals surface area (Å²) in [6.07, 6.45) is 11.6. The summed E-state index contributed by atoms with van der Waals surface area (Å²) in [4.78, 5) is 13.9. The zero-order chi connectivity index (χ0) is 16.4. The van der Waals surface area contributed by atoms with E-state index in [0.29, 0.717) is 6.61 Å². The Kier molecular flexibility index (Phi) is 8.24. The number of guanidine groups is 2. The second kappa shape index (κ2) is 9.66. The van der Waals surface area contributed by atoms with Crippen molar-refractivity contribution in [2.24, 2.45) is 21.5 Å². The molecule has 0 radical (unpaired) electrons. The molecule has 128 valence electrons. The lowest BCUT2D eigenvalue weighted by molar-refractivity contribution is -0.157. The Balaban J connectivity index is 2.09. The standard InChI is InChI=1S/C16H33N5O/c1-4-5-6-7-8-9-10-11-12-13-22-21-15(18)19-14(17)20-16(21,2)3/h4-13H2,1-3H3,(H4,17,18,19,20). The number of rotatable bonds is 11. The van der Waals surface area contributed by atoms with Crippen LogP contribution in [0.5, 0.6) is 0 Å². The van der Waals surface area contributed by atoms with Gasteiger partial charge in [-0.3, -0.25) is 4.84 Å². The Hall–Kier alpha value is -1.30. The van der Waals surface area contributed by atoms with Crippen molar-refractivity contribution in [3.63, 3.8) is 0 Å². The fourth-order valence-corrected chi connectivity index (χ4v) is 2.59. The molecule has 1 aliphatic rings. The Morgan fingerprint density at radius 1 is 0.955 bits per heavy atom. The fourth-order valence-electron chi connectivity index (χ4n) is 2.59. The van der Waals surface area contributed by atoms with Crippen molar-refractivity contribution < 1.29 is 4.84 Å². The second-order valence-corrected chi connectivity index (χ2v) is 6.39. The lowest BCUT2D eigenvalue weighted by atomic mass is 10.1. The molecule has 0 aromatic heterocycles. The first-order chi connectivity index (χ1) is 10.5. The highest BCUT2D eigenvalue weighted by molar-refractivity contribution is 5.95. The predicted octanol–water partition coefficient (Wildman–Crippen LogP) is 3.13. The number of nitrogens with zero attached hydrogens (tertiary/aromatic N) is 3. The van der Waals surface area contributed by atoms with Gasteiger partial charge in [0.1, 0.15) is 0 Å². The highest BCUT2D eigenvalue weighted by Gasteiger charge is 2.32. The molecule has 0 fully saturated rings. The number of hydrogen-bond donors (Lipinski definition) is 2. The molecular formula is C16H33N5O. The van der Waals surface area contributed by atoms with Gasteiger partial charge in [0.2, 0.25) is 11.9 Å². The summed E-state index contributed by atoms with van der Waals surface area (Å²) in [5.74, 6) is 0.471. The van der Waals surface area contributed by atoms with Crippen LogP contribution in [-0.2, 0) is 4.84 Å². The molecular weight excluding hydrogens is 278 g/mol. The zero-order valence-electron chi connectivity index (χ0n) is 14.5. The number of hydroxylamine groups is 2. The maximum Gasteiger partial charge on any atom is 0.226 e. The van der Waals surface area contributed by atoms with Gasteiger partial charge in [-0.05, 0) is 20.3 Å². The van der Waals surface area contributed by atoms with Crippen molar-refractivity contribution in [3.05, 3.63) is 0 Å². The smallest absolute Gasteiger partial charge is 0.226 e. The molecule has 0 unspecified atom stereocenters. The maximum atomic E-state index is 5.86. The molecule has 0 aromatic carbocycles. The SMILES string of the molecule is CCCCCCCCCCCON1C(N)=NC(N)=NC1(C)C. The molecule has 4 N–H and O–H groups in total. The van der Waals surface area contributed by atoms with E-state index in [0.717, 1.165) is 6.42 Å². The van der Waals surface area contributed by atoms with Crippen LogP contribution in [0.25, 0.3) is 0 Å². The van der Waals surface area contributed by atoms with Gasteiger partial charge in [0, 0.05) is 0 Å². The molecule has 22 heavy (non-hydrogen) atoms. The Labute approximate surface area is 135 Å². The predicted molar refractivity (Wildman–Crippen MR) is 92.3 cm³/mol. The highest BCUT2D eigenvalue weighted by atomic mass is 16.7. The summed E-state index contributed by atoms with van der Waals surface area (Å²) in [6, 6.07) is 0. The van der Waals surface area contributed by atoms with Crippen molar-refractivity contribution in [1.82, 2.24) is 5.06 Å². The third kappa shape index (κ3) is 6.64. The first-order valence-electron chi connectivity index (χ1n) is 8.60. The quantitative estimate of drug-likeness (QED) is 0.574. The summed E-state index contributed by atoms with van der Waals surface area (Å²) < 4.78 is 0. The summed E-state index contributed by atoms with van der Waals surface area (Å²) in [7, 11) is 0. The van der Waals surface area contributed by atoms with E-state index in [1.54, 1.807) is 5.06 Å². The van der Waals surface area contributed by atoms with Crippen LogP contribution in [-0.4, -0.2) is 29.3 Å². The molecule has 0 amide bonds. The van der Waals surface area contributed by atoms with Crippen LogP contribution in [0.3, 0.4) is 0 Å². The van der Waals surface area contributed by atoms with Crippen molar-refractivity contribution in [1.29, 1.82) is 0 Å². The second-order valence-electron chi connectivity index (χ2n) is 6.39. The minimum Gasteiger partial charge on any atom is -0.368 e. The highest BCUT2D eigenvalue weighted by Crippen LogP contribution is 2.20. The van der Waals surface area contributed by atoms with Crippen molar-refractivity contribution in [2.75, 3.05) is 6.61 Å². The van der Waals surface area contributed by atoms with Gasteiger partial charge in [-0.1, -0.05) is 58.3 Å². The van der Waals surface area contributed by atoms with Crippen LogP contribution in [0.1, 0.15) is 78.6 Å². The summed E-state index contributed by atoms with van der Waals surface area (Å²) in [5.41, 5.74) is 10.9. The molecule has 0 atom stereocenters. The van der Waals surface area contributed by atoms with Crippen LogP contribution in [0.4, 0.5) is 0 Å². The molecule has 0 bridgehead atoms. The average Bonchev–Trinajstić information content (AvgIpc) is 2.42. The molecule has 0 saturated heterocycles. The van der Waals surface area contributed by atoms with E-state index in [-0.39, 0.29) is 11.9 Å². The van der Waals surface area contributed by atoms with Crippen LogP contribution < -0.4 is 11.5 Å². The molecule has 6 nitrogen and oxygen atoms in total. The van der Waals surface area contributed by atoms with E-state index in [1.165, 1.54) is 51.4 Å². The van der Waals surface area contributed by atoms with Crippen LogP contribution >= 0.6 is 0 Å². The monoisotopic (exact) mass is 311 g/mol. The van der Waals surface area contributed by atoms with E-state index in [1.807, 2.05) is 13.8 Å². The molecule has 0 spiro atoms. The van der Waals surface area contributed by atoms with E-state index in [2.05, 4.69) is 16.9 Å². The zero-order valence-corrected chi connectivity index (χ0v) is 14.5. The van der Waals surface area contributed by atoms with Crippen LogP contribution in [0, 0.1) is 0 Å². The lowest BCUT2D eigenvalue weighted by Crippen LogP contribution is -2.53. The van der Waals surface area contributed by atoms with Crippen LogP contribution in [0.15, 0.2) is 9.98 Å². The summed E-state index contributed by atoms with van der Waals surface area (Å²) >= 11 is 0. The van der Waals surface area contributed by atoms with Gasteiger partial charge in [0.25, 0.3) is 0 Å². The molecule has 1 aliphatic heterocycles. The Morgan fingerprint density at radius 2 is 1.50 bits per heavy atom. The molecule has 6 heteroatoms. The molecule has 1 rings (SSSR count). The van der Waals surface area contributed by atoms with E-state index in [9.17, 15) is 0 Å². The topological polar surface area (TPSA) is 89.2 Å². The molecule has 1 heterocycles. The molecule has 0 aromatic rings. The third-order valence-electron chi connectivity index (χ3n) is 3.79. The first-order valence-corrected chi connectivity index (χ1v) is 8.60. The minimum absolute atomic E-state index is 0.199. The number of nitrogens with two attached hydrogens (primary N) is 2. The number of hydrogen-bond acceptors (Lipinski definition) is 6. The number of unbranched alkanes of at least 4 members (excludes halogenated alkanes) is 8. The third-order valence-corrected chi connectivity index (χ3v) is 3.79. The van der Waals surface area contributed by atoms with Crippen molar-refractivity contribution in [2.45, 2.75) is 84.2 Å². The summed E-state index contributed by atoms with van der Waals surface area (Å²) in [6.45, 7) is 6.68. The van der Waals surface area contributed by atoms with E-state index < -0.39 is 5.66 Å². The normalized spacial score (nSPS) is 17.3. The average molecular weight is 311 g/mol. The Morgan fingerprint density at radius 3 is 2.05 bits per heavy atom. The van der Waals surface area contributed by atoms with E-state index in [4.69, 9.17) is 16.3 Å². The first kappa shape index (κ1) is 18.7. The minimum atomic E-state index is -0.602. The van der Waals surface area contributed by atoms with Gasteiger partial charge in [0.05, 0.1) is 6.61 Å². The van der Waals surface area contributed by atoms with Gasteiger partial charge < -0.3 is 11.5 Å². The Bertz CT molecular complexity index is 379. The van der Waals surface area contributed by atoms with Gasteiger partial charge in [0.15, 0.2) is 5.66 Å². The summed E-state index contributed by atoms with van der Waals surface area (Å²) in [5, 5.41) is 1.55. The van der Waals surface area contributed by atoms with Gasteiger partial charge >= 0.3 is 0 Å². The lowest BCUT2D eigenvalue weighted by Gasteiger charge is -2.36. The largest absolute Gasteiger partial charge is 0.368 e. The van der Waals surface area contributed by atoms with Gasteiger partial charge in [-0.15, -0.1) is 0 Å². The maximum absolute atomic E-state index is 5.86. The van der Waals surface area contributed by atoms with Gasteiger partial charge in [-0.2, -0.15) is 10.1 Å². The van der Waals surface area contributed by atoms with Crippen LogP contribution in [0.2, 0.25) is 0 Å².